The van der Waals surface area contributed by atoms with Crippen molar-refractivity contribution in [3.63, 3.8) is 0 Å². The fourth-order valence-electron chi connectivity index (χ4n) is 8.16. The number of aromatic nitrogens is 2. The van der Waals surface area contributed by atoms with Crippen LogP contribution in [-0.2, 0) is 5.41 Å². The van der Waals surface area contributed by atoms with Gasteiger partial charge >= 0.3 is 0 Å². The van der Waals surface area contributed by atoms with Gasteiger partial charge in [-0.05, 0) is 107 Å². The lowest BCUT2D eigenvalue weighted by Crippen LogP contribution is -2.10. The first-order chi connectivity index (χ1) is 25.9. The van der Waals surface area contributed by atoms with E-state index in [9.17, 15) is 0 Å². The van der Waals surface area contributed by atoms with Crippen molar-refractivity contribution in [2.75, 3.05) is 0 Å². The molecule has 0 aliphatic carbocycles. The van der Waals surface area contributed by atoms with E-state index in [4.69, 9.17) is 4.98 Å². The maximum Gasteiger partial charge on any atom is 0.145 e. The van der Waals surface area contributed by atoms with Gasteiger partial charge < -0.3 is 0 Å². The second-order valence-corrected chi connectivity index (χ2v) is 15.2. The average Bonchev–Trinajstić information content (AvgIpc) is 3.60. The molecule has 0 saturated heterocycles. The van der Waals surface area contributed by atoms with Crippen LogP contribution in [0.2, 0.25) is 0 Å². The van der Waals surface area contributed by atoms with Crippen LogP contribution in [0, 0.1) is 0 Å². The Morgan fingerprint density at radius 3 is 1.55 bits per heavy atom. The van der Waals surface area contributed by atoms with Gasteiger partial charge in [-0.2, -0.15) is 0 Å². The zero-order valence-electron chi connectivity index (χ0n) is 30.1. The van der Waals surface area contributed by atoms with Crippen molar-refractivity contribution in [3.05, 3.63) is 181 Å². The van der Waals surface area contributed by atoms with Crippen LogP contribution in [0.4, 0.5) is 0 Å². The molecular weight excluding hydrogens is 641 g/mol. The molecule has 0 aliphatic rings. The summed E-state index contributed by atoms with van der Waals surface area (Å²) in [5.41, 5.74) is 13.0. The summed E-state index contributed by atoms with van der Waals surface area (Å²) in [6, 6.07) is 64.2. The Bertz CT molecular complexity index is 2910. The predicted octanol–water partition coefficient (Wildman–Crippen LogP) is 13.9. The number of fused-ring (bicyclic) bond motifs is 1. The van der Waals surface area contributed by atoms with Gasteiger partial charge in [-0.1, -0.05) is 166 Å². The normalized spacial score (nSPS) is 12.1. The monoisotopic (exact) mass is 678 g/mol. The third kappa shape index (κ3) is 5.21. The van der Waals surface area contributed by atoms with E-state index in [2.05, 4.69) is 201 Å². The quantitative estimate of drug-likeness (QED) is 0.166. The fraction of sp³-hybridized carbons (Fsp3) is 0.0784. The van der Waals surface area contributed by atoms with Crippen LogP contribution in [0.1, 0.15) is 26.3 Å². The molecule has 0 aliphatic heterocycles. The third-order valence-corrected chi connectivity index (χ3v) is 10.9. The number of imidazole rings is 1. The Balaban J connectivity index is 1.18. The SMILES string of the molecule is CC(C)(C)c1cc2ccc3c(-c4ccc(-c5ccccc5)cc4)cc(-c4ccc(-n5c(-c6ccccc6)nc6ccccc65)cc4)c4ccc(c1)c2c34. The van der Waals surface area contributed by atoms with Crippen molar-refractivity contribution in [1.82, 2.24) is 9.55 Å². The smallest absolute Gasteiger partial charge is 0.145 e. The first kappa shape index (κ1) is 31.2. The summed E-state index contributed by atoms with van der Waals surface area (Å²) >= 11 is 0. The minimum atomic E-state index is 0.0595. The topological polar surface area (TPSA) is 17.8 Å². The van der Waals surface area contributed by atoms with E-state index in [0.717, 1.165) is 28.1 Å². The molecule has 252 valence electrons. The van der Waals surface area contributed by atoms with Gasteiger partial charge in [0, 0.05) is 11.3 Å². The van der Waals surface area contributed by atoms with Crippen LogP contribution in [-0.4, -0.2) is 9.55 Å². The molecule has 0 amide bonds. The van der Waals surface area contributed by atoms with Crippen molar-refractivity contribution in [1.29, 1.82) is 0 Å². The molecule has 0 atom stereocenters. The summed E-state index contributed by atoms with van der Waals surface area (Å²) in [5, 5.41) is 7.82. The highest BCUT2D eigenvalue weighted by Gasteiger charge is 2.21. The lowest BCUT2D eigenvalue weighted by Gasteiger charge is -2.23. The maximum atomic E-state index is 5.08. The molecule has 2 nitrogen and oxygen atoms in total. The Morgan fingerprint density at radius 2 is 0.943 bits per heavy atom. The van der Waals surface area contributed by atoms with Gasteiger partial charge in [0.05, 0.1) is 11.0 Å². The summed E-state index contributed by atoms with van der Waals surface area (Å²) in [4.78, 5) is 5.08. The highest BCUT2D eigenvalue weighted by atomic mass is 15.1. The van der Waals surface area contributed by atoms with Gasteiger partial charge in [-0.3, -0.25) is 4.57 Å². The van der Waals surface area contributed by atoms with Crippen LogP contribution in [0.3, 0.4) is 0 Å². The third-order valence-electron chi connectivity index (χ3n) is 10.9. The van der Waals surface area contributed by atoms with E-state index in [1.165, 1.54) is 71.3 Å². The van der Waals surface area contributed by atoms with Crippen LogP contribution in [0.25, 0.3) is 93.8 Å². The van der Waals surface area contributed by atoms with Gasteiger partial charge in [0.2, 0.25) is 0 Å². The first-order valence-electron chi connectivity index (χ1n) is 18.5. The number of nitrogens with zero attached hydrogens (tertiary/aromatic N) is 2. The van der Waals surface area contributed by atoms with Gasteiger partial charge in [-0.15, -0.1) is 0 Å². The average molecular weight is 679 g/mol. The molecule has 0 bridgehead atoms. The molecule has 1 heterocycles. The van der Waals surface area contributed by atoms with Gasteiger partial charge in [-0.25, -0.2) is 4.98 Å². The largest absolute Gasteiger partial charge is 0.292 e. The van der Waals surface area contributed by atoms with Crippen molar-refractivity contribution in [3.8, 4) is 50.5 Å². The van der Waals surface area contributed by atoms with E-state index in [1.54, 1.807) is 0 Å². The van der Waals surface area contributed by atoms with Crippen LogP contribution in [0.5, 0.6) is 0 Å². The second kappa shape index (κ2) is 12.0. The van der Waals surface area contributed by atoms with Gasteiger partial charge in [0.15, 0.2) is 0 Å². The number of hydrogen-bond acceptors (Lipinski definition) is 1. The molecule has 9 aromatic carbocycles. The highest BCUT2D eigenvalue weighted by Crippen LogP contribution is 2.45. The Kier molecular flexibility index (Phi) is 7.10. The minimum Gasteiger partial charge on any atom is -0.292 e. The molecule has 0 radical (unpaired) electrons. The van der Waals surface area contributed by atoms with Crippen LogP contribution in [0.15, 0.2) is 176 Å². The highest BCUT2D eigenvalue weighted by molar-refractivity contribution is 6.28. The molecule has 10 rings (SSSR count). The molecule has 2 heteroatoms. The number of rotatable bonds is 5. The Hall–Kier alpha value is -6.51. The standard InChI is InChI=1S/C51H38N2/c1-51(2,3)40-30-38-24-28-42-44(35-20-18-34(19-21-35)33-12-6-4-7-13-33)32-45(43-29-25-39(31-40)48(38)49(42)43)36-22-26-41(27-23-36)53-47-17-11-10-16-46(47)52-50(53)37-14-8-5-9-15-37/h4-32H,1-3H3. The van der Waals surface area contributed by atoms with Crippen LogP contribution >= 0.6 is 0 Å². The van der Waals surface area contributed by atoms with E-state index >= 15 is 0 Å². The first-order valence-corrected chi connectivity index (χ1v) is 18.5. The van der Waals surface area contributed by atoms with Crippen molar-refractivity contribution in [2.24, 2.45) is 0 Å². The summed E-state index contributed by atoms with van der Waals surface area (Å²) in [7, 11) is 0. The molecule has 0 fully saturated rings. The number of benzene rings is 9. The molecule has 10 aromatic rings. The molecule has 0 unspecified atom stereocenters. The summed E-state index contributed by atoms with van der Waals surface area (Å²) in [5.74, 6) is 0.943. The number of hydrogen-bond donors (Lipinski definition) is 0. The Labute approximate surface area is 310 Å². The predicted molar refractivity (Wildman–Crippen MR) is 225 cm³/mol. The Morgan fingerprint density at radius 1 is 0.434 bits per heavy atom. The molecule has 53 heavy (non-hydrogen) atoms. The molecule has 0 saturated carbocycles. The van der Waals surface area contributed by atoms with Crippen LogP contribution < -0.4 is 0 Å². The molecule has 0 spiro atoms. The maximum absolute atomic E-state index is 5.08. The summed E-state index contributed by atoms with van der Waals surface area (Å²) in [6.45, 7) is 6.90. The number of para-hydroxylation sites is 2. The van der Waals surface area contributed by atoms with Crippen molar-refractivity contribution >= 4 is 43.4 Å². The lowest BCUT2D eigenvalue weighted by molar-refractivity contribution is 0.591. The van der Waals surface area contributed by atoms with Crippen molar-refractivity contribution in [2.45, 2.75) is 26.2 Å². The zero-order chi connectivity index (χ0) is 35.7. The van der Waals surface area contributed by atoms with Crippen molar-refractivity contribution < 1.29 is 0 Å². The fourth-order valence-corrected chi connectivity index (χ4v) is 8.16. The summed E-state index contributed by atoms with van der Waals surface area (Å²) in [6.07, 6.45) is 0. The summed E-state index contributed by atoms with van der Waals surface area (Å²) < 4.78 is 2.28. The van der Waals surface area contributed by atoms with Gasteiger partial charge in [0.1, 0.15) is 5.82 Å². The van der Waals surface area contributed by atoms with E-state index in [1.807, 2.05) is 0 Å². The van der Waals surface area contributed by atoms with E-state index in [0.29, 0.717) is 0 Å². The zero-order valence-corrected chi connectivity index (χ0v) is 30.1. The van der Waals surface area contributed by atoms with E-state index < -0.39 is 0 Å². The second-order valence-electron chi connectivity index (χ2n) is 15.2. The lowest BCUT2D eigenvalue weighted by atomic mass is 9.81. The molecular formula is C51H38N2. The molecule has 1 aromatic heterocycles. The molecule has 0 N–H and O–H groups in total. The van der Waals surface area contributed by atoms with Gasteiger partial charge in [0.25, 0.3) is 0 Å². The minimum absolute atomic E-state index is 0.0595. The van der Waals surface area contributed by atoms with E-state index in [-0.39, 0.29) is 5.41 Å².